The molecule has 4 nitrogen and oxygen atoms in total. The Morgan fingerprint density at radius 1 is 1.20 bits per heavy atom. The summed E-state index contributed by atoms with van der Waals surface area (Å²) in [6.07, 6.45) is 5.94. The minimum absolute atomic E-state index is 0.00511. The van der Waals surface area contributed by atoms with Crippen molar-refractivity contribution in [3.8, 4) is 0 Å². The molecule has 0 heterocycles. The molecule has 1 aliphatic rings. The predicted octanol–water partition coefficient (Wildman–Crippen LogP) is 2.39. The Kier molecular flexibility index (Phi) is 5.18. The maximum atomic E-state index is 12.3. The van der Waals surface area contributed by atoms with E-state index >= 15 is 0 Å². The van der Waals surface area contributed by atoms with Gasteiger partial charge in [0.15, 0.2) is 0 Å². The monoisotopic (exact) mass is 296 g/mol. The molecule has 0 radical (unpaired) electrons. The van der Waals surface area contributed by atoms with Crippen LogP contribution in [0, 0.1) is 5.92 Å². The Morgan fingerprint density at radius 3 is 2.35 bits per heavy atom. The van der Waals surface area contributed by atoms with E-state index in [1.807, 2.05) is 6.92 Å². The lowest BCUT2D eigenvalue weighted by molar-refractivity contribution is 0.303. The van der Waals surface area contributed by atoms with Gasteiger partial charge in [-0.25, -0.2) is 13.1 Å². The number of benzene rings is 1. The van der Waals surface area contributed by atoms with Crippen molar-refractivity contribution >= 4 is 10.0 Å². The Labute approximate surface area is 121 Å². The minimum atomic E-state index is -3.42. The largest absolute Gasteiger partial charge is 0.326 e. The van der Waals surface area contributed by atoms with Gasteiger partial charge in [-0.05, 0) is 43.4 Å². The van der Waals surface area contributed by atoms with Crippen LogP contribution in [0.2, 0.25) is 0 Å². The molecule has 1 aliphatic carbocycles. The van der Waals surface area contributed by atoms with Crippen molar-refractivity contribution in [1.29, 1.82) is 0 Å². The van der Waals surface area contributed by atoms with Crippen LogP contribution in [0.5, 0.6) is 0 Å². The van der Waals surface area contributed by atoms with E-state index in [9.17, 15) is 8.42 Å². The van der Waals surface area contributed by atoms with Crippen molar-refractivity contribution in [2.24, 2.45) is 11.7 Å². The van der Waals surface area contributed by atoms with E-state index in [1.54, 1.807) is 24.3 Å². The zero-order valence-corrected chi connectivity index (χ0v) is 12.8. The fraction of sp³-hybridized carbons (Fsp3) is 0.600. The number of sulfonamides is 1. The topological polar surface area (TPSA) is 72.2 Å². The van der Waals surface area contributed by atoms with E-state index in [2.05, 4.69) is 4.72 Å². The van der Waals surface area contributed by atoms with Crippen molar-refractivity contribution in [3.05, 3.63) is 29.8 Å². The fourth-order valence-corrected chi connectivity index (χ4v) is 4.16. The molecule has 1 saturated carbocycles. The van der Waals surface area contributed by atoms with Gasteiger partial charge in [-0.1, -0.05) is 31.4 Å². The van der Waals surface area contributed by atoms with Gasteiger partial charge in [0.1, 0.15) is 0 Å². The Morgan fingerprint density at radius 2 is 1.80 bits per heavy atom. The number of hydrogen-bond acceptors (Lipinski definition) is 3. The molecule has 3 N–H and O–H groups in total. The molecule has 0 aliphatic heterocycles. The van der Waals surface area contributed by atoms with Crippen LogP contribution in [0.25, 0.3) is 0 Å². The lowest BCUT2D eigenvalue weighted by Gasteiger charge is -2.28. The summed E-state index contributed by atoms with van der Waals surface area (Å²) >= 11 is 0. The van der Waals surface area contributed by atoms with Crippen molar-refractivity contribution in [1.82, 2.24) is 4.72 Å². The predicted molar refractivity (Wildman–Crippen MR) is 80.7 cm³/mol. The second-order valence-corrected chi connectivity index (χ2v) is 7.37. The van der Waals surface area contributed by atoms with Gasteiger partial charge in [0, 0.05) is 12.6 Å². The number of nitrogens with one attached hydrogen (secondary N) is 1. The van der Waals surface area contributed by atoms with Crippen LogP contribution in [-0.2, 0) is 16.6 Å². The number of nitrogens with two attached hydrogens (primary N) is 1. The first kappa shape index (κ1) is 15.5. The third kappa shape index (κ3) is 3.81. The van der Waals surface area contributed by atoms with Crippen LogP contribution in [0.3, 0.4) is 0 Å². The molecule has 2 rings (SSSR count). The molecule has 0 spiro atoms. The molecule has 1 unspecified atom stereocenters. The van der Waals surface area contributed by atoms with Gasteiger partial charge >= 0.3 is 0 Å². The van der Waals surface area contributed by atoms with Crippen LogP contribution < -0.4 is 10.5 Å². The minimum Gasteiger partial charge on any atom is -0.326 e. The molecule has 0 saturated heterocycles. The Bertz CT molecular complexity index is 519. The molecule has 1 atom stereocenters. The van der Waals surface area contributed by atoms with Crippen LogP contribution in [0.1, 0.15) is 44.6 Å². The van der Waals surface area contributed by atoms with Gasteiger partial charge in [-0.15, -0.1) is 0 Å². The summed E-state index contributed by atoms with van der Waals surface area (Å²) in [6.45, 7) is 2.40. The average Bonchev–Trinajstić information content (AvgIpc) is 2.48. The molecule has 112 valence electrons. The molecular weight excluding hydrogens is 272 g/mol. The molecule has 1 aromatic rings. The SMILES string of the molecule is CC(NS(=O)(=O)c1ccc(CN)cc1)C1CCCCC1. The van der Waals surface area contributed by atoms with Crippen LogP contribution in [-0.4, -0.2) is 14.5 Å². The second-order valence-electron chi connectivity index (χ2n) is 5.66. The maximum Gasteiger partial charge on any atom is 0.240 e. The van der Waals surface area contributed by atoms with Crippen molar-refractivity contribution in [2.45, 2.75) is 56.5 Å². The van der Waals surface area contributed by atoms with E-state index in [0.29, 0.717) is 17.4 Å². The van der Waals surface area contributed by atoms with Gasteiger partial charge < -0.3 is 5.73 Å². The molecule has 1 aromatic carbocycles. The van der Waals surface area contributed by atoms with Crippen molar-refractivity contribution in [2.75, 3.05) is 0 Å². The lowest BCUT2D eigenvalue weighted by Crippen LogP contribution is -2.38. The molecule has 5 heteroatoms. The van der Waals surface area contributed by atoms with Gasteiger partial charge in [0.05, 0.1) is 4.90 Å². The third-order valence-electron chi connectivity index (χ3n) is 4.17. The summed E-state index contributed by atoms with van der Waals surface area (Å²) in [5.74, 6) is 0.460. The fourth-order valence-electron chi connectivity index (χ4n) is 2.85. The van der Waals surface area contributed by atoms with Gasteiger partial charge in [0.25, 0.3) is 0 Å². The molecular formula is C15H24N2O2S. The molecule has 1 fully saturated rings. The van der Waals surface area contributed by atoms with Crippen molar-refractivity contribution in [3.63, 3.8) is 0 Å². The highest BCUT2D eigenvalue weighted by Gasteiger charge is 2.24. The highest BCUT2D eigenvalue weighted by molar-refractivity contribution is 7.89. The zero-order chi connectivity index (χ0) is 14.6. The summed E-state index contributed by atoms with van der Waals surface area (Å²) in [4.78, 5) is 0.317. The molecule has 20 heavy (non-hydrogen) atoms. The smallest absolute Gasteiger partial charge is 0.240 e. The van der Waals surface area contributed by atoms with Crippen LogP contribution in [0.15, 0.2) is 29.2 Å². The third-order valence-corrected chi connectivity index (χ3v) is 5.74. The number of rotatable bonds is 5. The second kappa shape index (κ2) is 6.70. The van der Waals surface area contributed by atoms with E-state index in [0.717, 1.165) is 18.4 Å². The summed E-state index contributed by atoms with van der Waals surface area (Å²) in [6, 6.07) is 6.77. The Hall–Kier alpha value is -0.910. The molecule has 0 bridgehead atoms. The summed E-state index contributed by atoms with van der Waals surface area (Å²) in [7, 11) is -3.42. The van der Waals surface area contributed by atoms with E-state index < -0.39 is 10.0 Å². The van der Waals surface area contributed by atoms with E-state index in [1.165, 1.54) is 19.3 Å². The quantitative estimate of drug-likeness (QED) is 0.876. The van der Waals surface area contributed by atoms with E-state index in [-0.39, 0.29) is 6.04 Å². The van der Waals surface area contributed by atoms with Crippen LogP contribution >= 0.6 is 0 Å². The standard InChI is InChI=1S/C15H24N2O2S/c1-12(14-5-3-2-4-6-14)17-20(18,19)15-9-7-13(11-16)8-10-15/h7-10,12,14,17H,2-6,11,16H2,1H3. The zero-order valence-electron chi connectivity index (χ0n) is 12.0. The highest BCUT2D eigenvalue weighted by atomic mass is 32.2. The average molecular weight is 296 g/mol. The highest BCUT2D eigenvalue weighted by Crippen LogP contribution is 2.27. The normalized spacial score (nSPS) is 18.9. The van der Waals surface area contributed by atoms with Crippen LogP contribution in [0.4, 0.5) is 0 Å². The molecule has 0 amide bonds. The summed E-state index contributed by atoms with van der Waals surface area (Å²) in [5, 5.41) is 0. The first-order chi connectivity index (χ1) is 9.53. The van der Waals surface area contributed by atoms with Crippen molar-refractivity contribution < 1.29 is 8.42 Å². The van der Waals surface area contributed by atoms with Gasteiger partial charge in [-0.3, -0.25) is 0 Å². The first-order valence-corrected chi connectivity index (χ1v) is 8.82. The first-order valence-electron chi connectivity index (χ1n) is 7.34. The lowest BCUT2D eigenvalue weighted by atomic mass is 9.85. The van der Waals surface area contributed by atoms with E-state index in [4.69, 9.17) is 5.73 Å². The summed E-state index contributed by atoms with van der Waals surface area (Å²) in [5.41, 5.74) is 6.46. The Balaban J connectivity index is 2.05. The van der Waals surface area contributed by atoms with Gasteiger partial charge in [-0.2, -0.15) is 0 Å². The molecule has 0 aromatic heterocycles. The summed E-state index contributed by atoms with van der Waals surface area (Å²) < 4.78 is 27.5. The van der Waals surface area contributed by atoms with Gasteiger partial charge in [0.2, 0.25) is 10.0 Å². The maximum absolute atomic E-state index is 12.3. The number of hydrogen-bond donors (Lipinski definition) is 2.